The van der Waals surface area contributed by atoms with Crippen LogP contribution in [0.5, 0.6) is 0 Å². The molecule has 2 aromatic heterocycles. The monoisotopic (exact) mass is 507 g/mol. The Bertz CT molecular complexity index is 1180. The lowest BCUT2D eigenvalue weighted by Gasteiger charge is -2.36. The molecule has 0 bridgehead atoms. The molecular formula is C23H23Cl2N3O4S. The molecule has 1 fully saturated rings. The number of amides is 1. The number of aromatic nitrogens is 1. The Kier molecular flexibility index (Phi) is 6.53. The molecule has 3 unspecified atom stereocenters. The van der Waals surface area contributed by atoms with Crippen LogP contribution in [0.15, 0.2) is 48.4 Å². The fraction of sp³-hybridized carbons (Fsp3) is 0.348. The van der Waals surface area contributed by atoms with Gasteiger partial charge in [-0.2, -0.15) is 0 Å². The molecular weight excluding hydrogens is 485 g/mol. The first-order valence-corrected chi connectivity index (χ1v) is 12.2. The summed E-state index contributed by atoms with van der Waals surface area (Å²) in [5, 5.41) is 3.38. The van der Waals surface area contributed by atoms with E-state index >= 15 is 0 Å². The van der Waals surface area contributed by atoms with Crippen molar-refractivity contribution in [1.29, 1.82) is 0 Å². The predicted octanol–water partition coefficient (Wildman–Crippen LogP) is 4.42. The highest BCUT2D eigenvalue weighted by atomic mass is 35.5. The van der Waals surface area contributed by atoms with Crippen LogP contribution >= 0.6 is 34.5 Å². The van der Waals surface area contributed by atoms with Gasteiger partial charge in [-0.3, -0.25) is 4.79 Å². The molecule has 4 heterocycles. The van der Waals surface area contributed by atoms with E-state index < -0.39 is 0 Å². The first-order valence-electron chi connectivity index (χ1n) is 10.6. The quantitative estimate of drug-likeness (QED) is 0.516. The number of ether oxygens (including phenoxy) is 3. The van der Waals surface area contributed by atoms with Crippen LogP contribution in [0.25, 0.3) is 10.2 Å². The summed E-state index contributed by atoms with van der Waals surface area (Å²) in [6.45, 7) is 1.74. The first kappa shape index (κ1) is 22.6. The molecule has 0 radical (unpaired) electrons. The molecule has 0 spiro atoms. The maximum atomic E-state index is 12.6. The number of rotatable bonds is 6. The number of hydrogen-bond acceptors (Lipinski definition) is 6. The van der Waals surface area contributed by atoms with Gasteiger partial charge in [-0.1, -0.05) is 53.5 Å². The third kappa shape index (κ3) is 5.00. The van der Waals surface area contributed by atoms with Crippen LogP contribution in [0, 0.1) is 0 Å². The van der Waals surface area contributed by atoms with Gasteiger partial charge in [0, 0.05) is 26.1 Å². The number of morpholine rings is 1. The molecule has 3 atom stereocenters. The summed E-state index contributed by atoms with van der Waals surface area (Å²) >= 11 is 13.5. The molecule has 2 aliphatic heterocycles. The third-order valence-corrected chi connectivity index (χ3v) is 7.56. The normalized spacial score (nSPS) is 23.2. The minimum absolute atomic E-state index is 0.190. The van der Waals surface area contributed by atoms with E-state index in [9.17, 15) is 4.79 Å². The van der Waals surface area contributed by atoms with Gasteiger partial charge >= 0.3 is 0 Å². The van der Waals surface area contributed by atoms with Crippen molar-refractivity contribution in [2.24, 2.45) is 0 Å². The average Bonchev–Trinajstić information content (AvgIpc) is 3.50. The minimum atomic E-state index is -0.363. The second-order valence-corrected chi connectivity index (χ2v) is 10.2. The van der Waals surface area contributed by atoms with Crippen LogP contribution in [0.1, 0.15) is 16.1 Å². The van der Waals surface area contributed by atoms with Gasteiger partial charge < -0.3 is 29.4 Å². The number of benzene rings is 1. The molecule has 7 nitrogen and oxygen atoms in total. The van der Waals surface area contributed by atoms with E-state index in [-0.39, 0.29) is 24.4 Å². The lowest BCUT2D eigenvalue weighted by atomic mass is 10.1. The maximum absolute atomic E-state index is 12.6. The zero-order valence-electron chi connectivity index (χ0n) is 17.8. The van der Waals surface area contributed by atoms with E-state index in [1.807, 2.05) is 37.4 Å². The van der Waals surface area contributed by atoms with Gasteiger partial charge in [0.15, 0.2) is 5.76 Å². The molecule has 0 saturated carbocycles. The average molecular weight is 508 g/mol. The SMILES string of the molecule is CN1CC(CNC(=O)c2cc3sc(Cl)c(Cl)c3[nH]2)OC(C2=COC(Cc3ccccc3)O2)C1. The molecule has 10 heteroatoms. The number of hydrogen-bond donors (Lipinski definition) is 2. The van der Waals surface area contributed by atoms with Crippen molar-refractivity contribution < 1.29 is 19.0 Å². The molecule has 2 aliphatic rings. The number of nitrogens with one attached hydrogen (secondary N) is 2. The van der Waals surface area contributed by atoms with E-state index in [2.05, 4.69) is 15.2 Å². The van der Waals surface area contributed by atoms with Crippen molar-refractivity contribution in [2.45, 2.75) is 24.9 Å². The van der Waals surface area contributed by atoms with Crippen molar-refractivity contribution >= 4 is 50.7 Å². The number of H-pyrrole nitrogens is 1. The van der Waals surface area contributed by atoms with Crippen molar-refractivity contribution in [3.05, 3.63) is 69.0 Å². The predicted molar refractivity (Wildman–Crippen MR) is 129 cm³/mol. The second-order valence-electron chi connectivity index (χ2n) is 8.18. The van der Waals surface area contributed by atoms with Gasteiger partial charge in [-0.15, -0.1) is 11.3 Å². The summed E-state index contributed by atoms with van der Waals surface area (Å²) < 4.78 is 19.3. The maximum Gasteiger partial charge on any atom is 0.267 e. The molecule has 5 rings (SSSR count). The number of thiophene rings is 1. The largest absolute Gasteiger partial charge is 0.459 e. The van der Waals surface area contributed by atoms with Crippen LogP contribution in [0.4, 0.5) is 0 Å². The summed E-state index contributed by atoms with van der Waals surface area (Å²) in [4.78, 5) is 17.9. The number of carbonyl (C=O) groups excluding carboxylic acids is 1. The summed E-state index contributed by atoms with van der Waals surface area (Å²) in [5.41, 5.74) is 2.27. The Balaban J connectivity index is 1.16. The Labute approximate surface area is 205 Å². The second kappa shape index (κ2) is 9.56. The van der Waals surface area contributed by atoms with Crippen molar-refractivity contribution in [2.75, 3.05) is 26.7 Å². The lowest BCUT2D eigenvalue weighted by Crippen LogP contribution is -2.50. The van der Waals surface area contributed by atoms with Crippen molar-refractivity contribution in [3.8, 4) is 0 Å². The fourth-order valence-electron chi connectivity index (χ4n) is 4.03. The number of halogens is 2. The van der Waals surface area contributed by atoms with Gasteiger partial charge in [-0.25, -0.2) is 0 Å². The Hall–Kier alpha value is -2.23. The number of likely N-dealkylation sites (N-methyl/N-ethyl adjacent to an activating group) is 1. The van der Waals surface area contributed by atoms with Crippen LogP contribution in [-0.4, -0.2) is 61.0 Å². The summed E-state index contributed by atoms with van der Waals surface area (Å²) in [6.07, 6.45) is 1.49. The van der Waals surface area contributed by atoms with Gasteiger partial charge in [0.25, 0.3) is 5.91 Å². The van der Waals surface area contributed by atoms with Crippen LogP contribution in [0.2, 0.25) is 9.36 Å². The van der Waals surface area contributed by atoms with Gasteiger partial charge in [0.2, 0.25) is 6.29 Å². The molecule has 174 valence electrons. The third-order valence-electron chi connectivity index (χ3n) is 5.62. The van der Waals surface area contributed by atoms with E-state index in [1.165, 1.54) is 11.3 Å². The summed E-state index contributed by atoms with van der Waals surface area (Å²) in [5.74, 6) is 0.455. The minimum Gasteiger partial charge on any atom is -0.459 e. The van der Waals surface area contributed by atoms with Crippen molar-refractivity contribution in [3.63, 3.8) is 0 Å². The molecule has 3 aromatic rings. The first-order chi connectivity index (χ1) is 16.0. The van der Waals surface area contributed by atoms with Crippen LogP contribution < -0.4 is 5.32 Å². The number of aromatic amines is 1. The molecule has 1 saturated heterocycles. The summed E-state index contributed by atoms with van der Waals surface area (Å²) in [7, 11) is 2.02. The highest BCUT2D eigenvalue weighted by Gasteiger charge is 2.34. The van der Waals surface area contributed by atoms with Crippen LogP contribution in [-0.2, 0) is 20.6 Å². The van der Waals surface area contributed by atoms with E-state index in [0.717, 1.165) is 10.3 Å². The fourth-order valence-corrected chi connectivity index (χ4v) is 5.52. The topological polar surface area (TPSA) is 75.8 Å². The molecule has 1 aromatic carbocycles. The zero-order valence-corrected chi connectivity index (χ0v) is 20.2. The number of fused-ring (bicyclic) bond motifs is 1. The standard InChI is InChI=1S/C23H23Cl2N3O4S/c1-28-10-14(9-26-23(29)15-8-18-21(27-15)20(24)22(25)33-18)31-16(11-28)17-12-30-19(32-17)7-13-5-3-2-4-6-13/h2-6,8,12,14,16,19,27H,7,9-11H2,1H3,(H,26,29). The molecule has 1 amide bonds. The van der Waals surface area contributed by atoms with Gasteiger partial charge in [0.05, 0.1) is 21.3 Å². The Morgan fingerprint density at radius 1 is 1.27 bits per heavy atom. The smallest absolute Gasteiger partial charge is 0.267 e. The highest BCUT2D eigenvalue weighted by Crippen LogP contribution is 2.38. The van der Waals surface area contributed by atoms with Gasteiger partial charge in [-0.05, 0) is 18.7 Å². The molecule has 33 heavy (non-hydrogen) atoms. The zero-order chi connectivity index (χ0) is 22.9. The van der Waals surface area contributed by atoms with Crippen LogP contribution in [0.3, 0.4) is 0 Å². The van der Waals surface area contributed by atoms with E-state index in [4.69, 9.17) is 37.4 Å². The van der Waals surface area contributed by atoms with E-state index in [1.54, 1.807) is 12.3 Å². The number of nitrogens with zero attached hydrogens (tertiary/aromatic N) is 1. The summed E-state index contributed by atoms with van der Waals surface area (Å²) in [6, 6.07) is 11.8. The highest BCUT2D eigenvalue weighted by molar-refractivity contribution is 7.23. The lowest BCUT2D eigenvalue weighted by molar-refractivity contribution is -0.0979. The Morgan fingerprint density at radius 2 is 2.09 bits per heavy atom. The van der Waals surface area contributed by atoms with E-state index in [0.29, 0.717) is 52.4 Å². The molecule has 2 N–H and O–H groups in total. The number of carbonyl (C=O) groups is 1. The van der Waals surface area contributed by atoms with Gasteiger partial charge in [0.1, 0.15) is 22.4 Å². The van der Waals surface area contributed by atoms with Crippen molar-refractivity contribution in [1.82, 2.24) is 15.2 Å². The Morgan fingerprint density at radius 3 is 2.88 bits per heavy atom. The molecule has 0 aliphatic carbocycles.